The molecule has 2 amide bonds. The molecule has 27 heavy (non-hydrogen) atoms. The van der Waals surface area contributed by atoms with Crippen LogP contribution in [0.25, 0.3) is 0 Å². The molecule has 0 bridgehead atoms. The van der Waals surface area contributed by atoms with Gasteiger partial charge >= 0.3 is 5.97 Å². The van der Waals surface area contributed by atoms with Crippen LogP contribution < -0.4 is 5.32 Å². The fourth-order valence-corrected chi connectivity index (χ4v) is 2.80. The molecular weight excluding hydrogens is 348 g/mol. The molecule has 3 rings (SSSR count). The molecule has 1 aliphatic rings. The van der Waals surface area contributed by atoms with Gasteiger partial charge in [0.1, 0.15) is 5.69 Å². The fraction of sp³-hybridized carbons (Fsp3) is 0.263. The summed E-state index contributed by atoms with van der Waals surface area (Å²) in [5.74, 6) is -0.563. The number of nitrogens with one attached hydrogen (secondary N) is 1. The van der Waals surface area contributed by atoms with Crippen LogP contribution in [0.5, 0.6) is 0 Å². The Morgan fingerprint density at radius 1 is 1.11 bits per heavy atom. The number of anilines is 2. The largest absolute Gasteiger partial charge is 0.465 e. The van der Waals surface area contributed by atoms with Gasteiger partial charge in [0.15, 0.2) is 0 Å². The first-order chi connectivity index (χ1) is 13.1. The van der Waals surface area contributed by atoms with E-state index in [-0.39, 0.29) is 5.91 Å². The van der Waals surface area contributed by atoms with Crippen molar-refractivity contribution in [1.82, 2.24) is 14.8 Å². The molecule has 2 aromatic rings. The average molecular weight is 368 g/mol. The summed E-state index contributed by atoms with van der Waals surface area (Å²) in [5, 5.41) is 3.14. The van der Waals surface area contributed by atoms with Crippen molar-refractivity contribution >= 4 is 29.7 Å². The summed E-state index contributed by atoms with van der Waals surface area (Å²) in [6, 6.07) is 10.3. The Hall–Kier alpha value is -3.42. The van der Waals surface area contributed by atoms with Crippen molar-refractivity contribution in [3.63, 3.8) is 0 Å². The van der Waals surface area contributed by atoms with Crippen molar-refractivity contribution < 1.29 is 19.1 Å². The van der Waals surface area contributed by atoms with Crippen LogP contribution in [-0.4, -0.2) is 66.4 Å². The van der Waals surface area contributed by atoms with E-state index in [1.165, 1.54) is 7.11 Å². The molecule has 1 N–H and O–H groups in total. The van der Waals surface area contributed by atoms with E-state index in [4.69, 9.17) is 4.74 Å². The number of amides is 2. The van der Waals surface area contributed by atoms with Gasteiger partial charge in [0.25, 0.3) is 5.91 Å². The summed E-state index contributed by atoms with van der Waals surface area (Å²) in [6.45, 7) is 2.07. The minimum Gasteiger partial charge on any atom is -0.465 e. The van der Waals surface area contributed by atoms with E-state index in [1.54, 1.807) is 46.3 Å². The number of piperazine rings is 1. The highest BCUT2D eigenvalue weighted by molar-refractivity contribution is 5.93. The molecule has 8 nitrogen and oxygen atoms in total. The number of nitrogens with zero attached hydrogens (tertiary/aromatic N) is 3. The number of benzene rings is 1. The first-order valence-corrected chi connectivity index (χ1v) is 8.51. The lowest BCUT2D eigenvalue weighted by molar-refractivity contribution is -0.119. The number of ether oxygens (including phenoxy) is 1. The second-order valence-electron chi connectivity index (χ2n) is 6.06. The van der Waals surface area contributed by atoms with Gasteiger partial charge < -0.3 is 19.9 Å². The Bertz CT molecular complexity index is 830. The van der Waals surface area contributed by atoms with Crippen molar-refractivity contribution in [1.29, 1.82) is 0 Å². The summed E-state index contributed by atoms with van der Waals surface area (Å²) < 4.78 is 4.71. The molecular formula is C19H20N4O4. The number of esters is 1. The Kier molecular flexibility index (Phi) is 5.65. The van der Waals surface area contributed by atoms with Crippen molar-refractivity contribution in [2.45, 2.75) is 0 Å². The molecule has 2 heterocycles. The average Bonchev–Trinajstić information content (AvgIpc) is 2.73. The highest BCUT2D eigenvalue weighted by atomic mass is 16.5. The van der Waals surface area contributed by atoms with Crippen molar-refractivity contribution in [2.75, 3.05) is 38.6 Å². The van der Waals surface area contributed by atoms with Gasteiger partial charge in [-0.2, -0.15) is 0 Å². The van der Waals surface area contributed by atoms with E-state index in [1.807, 2.05) is 6.07 Å². The van der Waals surface area contributed by atoms with E-state index >= 15 is 0 Å². The van der Waals surface area contributed by atoms with Crippen LogP contribution >= 0.6 is 0 Å². The van der Waals surface area contributed by atoms with Crippen molar-refractivity contribution in [2.24, 2.45) is 0 Å². The molecule has 1 aromatic carbocycles. The topological polar surface area (TPSA) is 91.8 Å². The quantitative estimate of drug-likeness (QED) is 0.636. The van der Waals surface area contributed by atoms with Gasteiger partial charge in [-0.15, -0.1) is 0 Å². The minimum absolute atomic E-state index is 0.153. The zero-order chi connectivity index (χ0) is 19.2. The maximum atomic E-state index is 12.5. The monoisotopic (exact) mass is 368 g/mol. The highest BCUT2D eigenvalue weighted by Crippen LogP contribution is 2.18. The van der Waals surface area contributed by atoms with Gasteiger partial charge in [-0.3, -0.25) is 9.59 Å². The second kappa shape index (κ2) is 8.31. The third-order valence-corrected chi connectivity index (χ3v) is 4.31. The van der Waals surface area contributed by atoms with Crippen LogP contribution in [0.4, 0.5) is 11.4 Å². The Balaban J connectivity index is 1.64. The zero-order valence-corrected chi connectivity index (χ0v) is 14.9. The number of aromatic nitrogens is 1. The Morgan fingerprint density at radius 2 is 1.89 bits per heavy atom. The van der Waals surface area contributed by atoms with Crippen LogP contribution in [0.2, 0.25) is 0 Å². The summed E-state index contributed by atoms with van der Waals surface area (Å²) in [6.07, 6.45) is 2.37. The lowest BCUT2D eigenvalue weighted by Gasteiger charge is -2.32. The molecule has 1 saturated heterocycles. The van der Waals surface area contributed by atoms with Crippen molar-refractivity contribution in [3.05, 3.63) is 53.9 Å². The maximum absolute atomic E-state index is 12.5. The number of methoxy groups -OCH3 is 1. The number of carbonyl (C=O) groups excluding carboxylic acids is 3. The van der Waals surface area contributed by atoms with Gasteiger partial charge in [-0.1, -0.05) is 6.07 Å². The predicted molar refractivity (Wildman–Crippen MR) is 98.8 cm³/mol. The van der Waals surface area contributed by atoms with Gasteiger partial charge in [0.2, 0.25) is 6.41 Å². The van der Waals surface area contributed by atoms with Crippen molar-refractivity contribution in [3.8, 4) is 0 Å². The predicted octanol–water partition coefficient (Wildman–Crippen LogP) is 1.53. The molecule has 0 spiro atoms. The highest BCUT2D eigenvalue weighted by Gasteiger charge is 2.22. The maximum Gasteiger partial charge on any atom is 0.337 e. The molecule has 1 aliphatic heterocycles. The Labute approximate surface area is 156 Å². The van der Waals surface area contributed by atoms with Crippen LogP contribution in [0.15, 0.2) is 42.6 Å². The first-order valence-electron chi connectivity index (χ1n) is 8.51. The summed E-state index contributed by atoms with van der Waals surface area (Å²) in [7, 11) is 1.33. The Morgan fingerprint density at radius 3 is 2.52 bits per heavy atom. The standard InChI is InChI=1S/C19H20N4O4/c1-27-19(26)14-3-2-4-15(11-14)21-16-5-6-17(20-12-16)18(25)23-9-7-22(13-24)8-10-23/h2-6,11-13,21H,7-10H2,1H3. The molecule has 0 saturated carbocycles. The third kappa shape index (κ3) is 4.41. The SMILES string of the molecule is COC(=O)c1cccc(Nc2ccc(C(=O)N3CCN(C=O)CC3)nc2)c1. The van der Waals surface area contributed by atoms with Gasteiger partial charge in [-0.05, 0) is 30.3 Å². The summed E-state index contributed by atoms with van der Waals surface area (Å²) >= 11 is 0. The molecule has 1 fully saturated rings. The normalized spacial score (nSPS) is 13.8. The number of hydrogen-bond acceptors (Lipinski definition) is 6. The second-order valence-corrected chi connectivity index (χ2v) is 6.06. The van der Waals surface area contributed by atoms with Crippen LogP contribution in [-0.2, 0) is 9.53 Å². The molecule has 0 atom stereocenters. The van der Waals surface area contributed by atoms with Gasteiger partial charge in [0.05, 0.1) is 24.6 Å². The van der Waals surface area contributed by atoms with E-state index < -0.39 is 5.97 Å². The molecule has 140 valence electrons. The number of pyridine rings is 1. The van der Waals surface area contributed by atoms with Crippen LogP contribution in [0.1, 0.15) is 20.8 Å². The van der Waals surface area contributed by atoms with E-state index in [9.17, 15) is 14.4 Å². The van der Waals surface area contributed by atoms with E-state index in [0.29, 0.717) is 48.8 Å². The molecule has 0 aliphatic carbocycles. The van der Waals surface area contributed by atoms with Gasteiger partial charge in [-0.25, -0.2) is 9.78 Å². The third-order valence-electron chi connectivity index (χ3n) is 4.31. The van der Waals surface area contributed by atoms with E-state index in [0.717, 1.165) is 6.41 Å². The zero-order valence-electron chi connectivity index (χ0n) is 14.9. The fourth-order valence-electron chi connectivity index (χ4n) is 2.80. The lowest BCUT2D eigenvalue weighted by Crippen LogP contribution is -2.48. The molecule has 8 heteroatoms. The van der Waals surface area contributed by atoms with Crippen LogP contribution in [0, 0.1) is 0 Å². The van der Waals surface area contributed by atoms with Crippen LogP contribution in [0.3, 0.4) is 0 Å². The summed E-state index contributed by atoms with van der Waals surface area (Å²) in [5.41, 5.74) is 2.20. The molecule has 1 aromatic heterocycles. The number of rotatable bonds is 5. The van der Waals surface area contributed by atoms with E-state index in [2.05, 4.69) is 10.3 Å². The number of carbonyl (C=O) groups is 3. The number of hydrogen-bond donors (Lipinski definition) is 1. The first kappa shape index (κ1) is 18.4. The summed E-state index contributed by atoms with van der Waals surface area (Å²) in [4.78, 5) is 42.4. The minimum atomic E-state index is -0.410. The lowest BCUT2D eigenvalue weighted by atomic mass is 10.2. The molecule has 0 unspecified atom stereocenters. The smallest absolute Gasteiger partial charge is 0.337 e. The van der Waals surface area contributed by atoms with Gasteiger partial charge in [0, 0.05) is 31.9 Å². The molecule has 0 radical (unpaired) electrons.